The fourth-order valence-corrected chi connectivity index (χ4v) is 2.25. The second-order valence-electron chi connectivity index (χ2n) is 4.93. The lowest BCUT2D eigenvalue weighted by Gasteiger charge is -2.09. The van der Waals surface area contributed by atoms with Crippen LogP contribution in [0.1, 0.15) is 5.56 Å². The van der Waals surface area contributed by atoms with Crippen LogP contribution >= 0.6 is 0 Å². The van der Waals surface area contributed by atoms with E-state index < -0.39 is 0 Å². The Labute approximate surface area is 124 Å². The topological polar surface area (TPSA) is 35.2 Å². The number of hydrogen-bond acceptors (Lipinski definition) is 2. The highest BCUT2D eigenvalue weighted by Gasteiger charge is 2.00. The van der Waals surface area contributed by atoms with Crippen LogP contribution in [-0.2, 0) is 6.61 Å². The molecule has 0 unspecified atom stereocenters. The first-order chi connectivity index (χ1) is 10.3. The Morgan fingerprint density at radius 3 is 2.29 bits per heavy atom. The number of nitrogen functional groups attached to an aromatic ring is 1. The van der Waals surface area contributed by atoms with Crippen molar-refractivity contribution in [2.24, 2.45) is 0 Å². The van der Waals surface area contributed by atoms with Crippen LogP contribution in [0.15, 0.2) is 78.9 Å². The van der Waals surface area contributed by atoms with E-state index in [0.29, 0.717) is 6.61 Å². The minimum absolute atomic E-state index is 0.517. The molecule has 2 nitrogen and oxygen atoms in total. The molecule has 0 aromatic heterocycles. The van der Waals surface area contributed by atoms with Gasteiger partial charge in [-0.1, -0.05) is 54.6 Å². The maximum atomic E-state index is 5.85. The standard InChI is InChI=1S/C19H17NO/c20-18-10-4-6-15(12-18)14-21-19-11-5-9-17(13-19)16-7-2-1-3-8-16/h1-13H,14,20H2. The molecule has 0 saturated heterocycles. The number of hydrogen-bond donors (Lipinski definition) is 1. The summed E-state index contributed by atoms with van der Waals surface area (Å²) in [6.45, 7) is 0.517. The summed E-state index contributed by atoms with van der Waals surface area (Å²) in [5, 5.41) is 0. The molecule has 0 saturated carbocycles. The minimum atomic E-state index is 0.517. The third-order valence-electron chi connectivity index (χ3n) is 3.30. The summed E-state index contributed by atoms with van der Waals surface area (Å²) in [6.07, 6.45) is 0. The van der Waals surface area contributed by atoms with E-state index >= 15 is 0 Å². The Bertz CT molecular complexity index is 722. The van der Waals surface area contributed by atoms with E-state index in [1.165, 1.54) is 5.56 Å². The normalized spacial score (nSPS) is 10.3. The van der Waals surface area contributed by atoms with Crippen molar-refractivity contribution in [3.8, 4) is 16.9 Å². The number of benzene rings is 3. The molecular formula is C19H17NO. The number of rotatable bonds is 4. The summed E-state index contributed by atoms with van der Waals surface area (Å²) in [7, 11) is 0. The van der Waals surface area contributed by atoms with Gasteiger partial charge in [0.25, 0.3) is 0 Å². The average Bonchev–Trinajstić information content (AvgIpc) is 2.54. The highest BCUT2D eigenvalue weighted by molar-refractivity contribution is 5.64. The van der Waals surface area contributed by atoms with E-state index in [1.807, 2.05) is 54.6 Å². The van der Waals surface area contributed by atoms with Gasteiger partial charge in [0, 0.05) is 5.69 Å². The van der Waals surface area contributed by atoms with Crippen LogP contribution in [0.5, 0.6) is 5.75 Å². The molecule has 21 heavy (non-hydrogen) atoms. The van der Waals surface area contributed by atoms with Gasteiger partial charge in [0.15, 0.2) is 0 Å². The zero-order valence-electron chi connectivity index (χ0n) is 11.7. The maximum Gasteiger partial charge on any atom is 0.120 e. The van der Waals surface area contributed by atoms with Crippen molar-refractivity contribution < 1.29 is 4.74 Å². The van der Waals surface area contributed by atoms with Crippen molar-refractivity contribution in [3.63, 3.8) is 0 Å². The van der Waals surface area contributed by atoms with E-state index in [4.69, 9.17) is 10.5 Å². The quantitative estimate of drug-likeness (QED) is 0.711. The molecule has 3 rings (SSSR count). The Morgan fingerprint density at radius 1 is 0.714 bits per heavy atom. The molecule has 0 radical (unpaired) electrons. The van der Waals surface area contributed by atoms with Crippen LogP contribution < -0.4 is 10.5 Å². The molecule has 2 N–H and O–H groups in total. The maximum absolute atomic E-state index is 5.85. The van der Waals surface area contributed by atoms with Crippen molar-refractivity contribution in [3.05, 3.63) is 84.4 Å². The SMILES string of the molecule is Nc1cccc(COc2cccc(-c3ccccc3)c2)c1. The van der Waals surface area contributed by atoms with E-state index in [0.717, 1.165) is 22.6 Å². The van der Waals surface area contributed by atoms with Crippen molar-refractivity contribution in [2.75, 3.05) is 5.73 Å². The van der Waals surface area contributed by atoms with Gasteiger partial charge in [0.05, 0.1) is 0 Å². The highest BCUT2D eigenvalue weighted by Crippen LogP contribution is 2.24. The Balaban J connectivity index is 1.75. The second-order valence-corrected chi connectivity index (χ2v) is 4.93. The molecular weight excluding hydrogens is 258 g/mol. The number of ether oxygens (including phenoxy) is 1. The molecule has 0 amide bonds. The molecule has 3 aromatic rings. The summed E-state index contributed by atoms with van der Waals surface area (Å²) < 4.78 is 5.85. The summed E-state index contributed by atoms with van der Waals surface area (Å²) in [4.78, 5) is 0. The van der Waals surface area contributed by atoms with Crippen molar-refractivity contribution in [1.82, 2.24) is 0 Å². The highest BCUT2D eigenvalue weighted by atomic mass is 16.5. The average molecular weight is 275 g/mol. The predicted molar refractivity (Wildman–Crippen MR) is 87.1 cm³/mol. The van der Waals surface area contributed by atoms with Crippen LogP contribution in [-0.4, -0.2) is 0 Å². The molecule has 104 valence electrons. The van der Waals surface area contributed by atoms with Crippen LogP contribution in [0, 0.1) is 0 Å². The van der Waals surface area contributed by atoms with Gasteiger partial charge in [-0.25, -0.2) is 0 Å². The lowest BCUT2D eigenvalue weighted by atomic mass is 10.1. The van der Waals surface area contributed by atoms with E-state index in [-0.39, 0.29) is 0 Å². The van der Waals surface area contributed by atoms with Gasteiger partial charge >= 0.3 is 0 Å². The van der Waals surface area contributed by atoms with Gasteiger partial charge in [0.1, 0.15) is 12.4 Å². The minimum Gasteiger partial charge on any atom is -0.489 e. The fraction of sp³-hybridized carbons (Fsp3) is 0.0526. The smallest absolute Gasteiger partial charge is 0.120 e. The summed E-state index contributed by atoms with van der Waals surface area (Å²) in [5.74, 6) is 0.860. The third-order valence-corrected chi connectivity index (χ3v) is 3.30. The molecule has 2 heteroatoms. The first-order valence-corrected chi connectivity index (χ1v) is 6.94. The first-order valence-electron chi connectivity index (χ1n) is 6.94. The number of anilines is 1. The van der Waals surface area contributed by atoms with Gasteiger partial charge in [-0.3, -0.25) is 0 Å². The molecule has 0 atom stereocenters. The largest absolute Gasteiger partial charge is 0.489 e. The lowest BCUT2D eigenvalue weighted by Crippen LogP contribution is -1.96. The monoisotopic (exact) mass is 275 g/mol. The first kappa shape index (κ1) is 13.3. The molecule has 0 spiro atoms. The van der Waals surface area contributed by atoms with Gasteiger partial charge in [-0.15, -0.1) is 0 Å². The number of nitrogens with two attached hydrogens (primary N) is 1. The van der Waals surface area contributed by atoms with E-state index in [2.05, 4.69) is 24.3 Å². The molecule has 0 aliphatic rings. The second kappa shape index (κ2) is 6.14. The summed E-state index contributed by atoms with van der Waals surface area (Å²) in [5.41, 5.74) is 9.94. The zero-order chi connectivity index (χ0) is 14.5. The van der Waals surface area contributed by atoms with Gasteiger partial charge in [-0.2, -0.15) is 0 Å². The van der Waals surface area contributed by atoms with Crippen LogP contribution in [0.25, 0.3) is 11.1 Å². The zero-order valence-corrected chi connectivity index (χ0v) is 11.7. The molecule has 0 bridgehead atoms. The summed E-state index contributed by atoms with van der Waals surface area (Å²) in [6, 6.07) is 26.2. The van der Waals surface area contributed by atoms with Crippen LogP contribution in [0.4, 0.5) is 5.69 Å². The van der Waals surface area contributed by atoms with Gasteiger partial charge in [-0.05, 0) is 41.0 Å². The third kappa shape index (κ3) is 3.42. The van der Waals surface area contributed by atoms with Crippen molar-refractivity contribution in [1.29, 1.82) is 0 Å². The molecule has 3 aromatic carbocycles. The lowest BCUT2D eigenvalue weighted by molar-refractivity contribution is 0.306. The molecule has 0 aliphatic heterocycles. The fourth-order valence-electron chi connectivity index (χ4n) is 2.25. The van der Waals surface area contributed by atoms with Crippen molar-refractivity contribution in [2.45, 2.75) is 6.61 Å². The summed E-state index contributed by atoms with van der Waals surface area (Å²) >= 11 is 0. The Kier molecular flexibility index (Phi) is 3.88. The van der Waals surface area contributed by atoms with E-state index in [1.54, 1.807) is 0 Å². The molecule has 0 heterocycles. The van der Waals surface area contributed by atoms with Gasteiger partial charge < -0.3 is 10.5 Å². The predicted octanol–water partition coefficient (Wildman–Crippen LogP) is 4.51. The molecule has 0 fully saturated rings. The van der Waals surface area contributed by atoms with Crippen LogP contribution in [0.2, 0.25) is 0 Å². The van der Waals surface area contributed by atoms with E-state index in [9.17, 15) is 0 Å². The van der Waals surface area contributed by atoms with Crippen molar-refractivity contribution >= 4 is 5.69 Å². The molecule has 0 aliphatic carbocycles. The van der Waals surface area contributed by atoms with Crippen LogP contribution in [0.3, 0.4) is 0 Å². The Hall–Kier alpha value is -2.74. The van der Waals surface area contributed by atoms with Gasteiger partial charge in [0.2, 0.25) is 0 Å². The Morgan fingerprint density at radius 2 is 1.48 bits per heavy atom.